The maximum absolute atomic E-state index is 8.00. The Hall–Kier alpha value is -1.77. The Morgan fingerprint density at radius 1 is 1.05 bits per heavy atom. The Bertz CT molecular complexity index is 519. The second-order valence-electron chi connectivity index (χ2n) is 5.32. The highest BCUT2D eigenvalue weighted by molar-refractivity contribution is 5.81. The predicted molar refractivity (Wildman–Crippen MR) is 89.0 cm³/mol. The summed E-state index contributed by atoms with van der Waals surface area (Å²) in [5.74, 6) is 0.975. The quantitative estimate of drug-likeness (QED) is 0.692. The van der Waals surface area contributed by atoms with Crippen LogP contribution in [0.15, 0.2) is 24.3 Å². The molecule has 0 amide bonds. The predicted octanol–water partition coefficient (Wildman–Crippen LogP) is 5.03. The molecule has 1 aromatic carbocycles. The van der Waals surface area contributed by atoms with Crippen LogP contribution in [0, 0.1) is 6.92 Å². The molecule has 2 rings (SSSR count). The van der Waals surface area contributed by atoms with Crippen molar-refractivity contribution in [1.82, 2.24) is 4.98 Å². The van der Waals surface area contributed by atoms with E-state index >= 15 is 0 Å². The standard InChI is InChI=1S/C17H25NO.CH2O/c1-3-4-5-6-7-8-11-19-16-10-9-15-12-14(2)18-17(15)13-16;1-2/h9-10,12-13,18H,3-8,11H2,1-2H3;1H2. The molecule has 0 atom stereocenters. The van der Waals surface area contributed by atoms with E-state index < -0.39 is 0 Å². The van der Waals surface area contributed by atoms with Crippen LogP contribution in [0.3, 0.4) is 0 Å². The van der Waals surface area contributed by atoms with Crippen LogP contribution in [0.25, 0.3) is 10.9 Å². The third kappa shape index (κ3) is 6.03. The monoisotopic (exact) mass is 289 g/mol. The van der Waals surface area contributed by atoms with Crippen molar-refractivity contribution in [2.45, 2.75) is 52.4 Å². The number of nitrogens with one attached hydrogen (secondary N) is 1. The lowest BCUT2D eigenvalue weighted by Crippen LogP contribution is -1.97. The number of fused-ring (bicyclic) bond motifs is 1. The molecule has 1 aromatic heterocycles. The van der Waals surface area contributed by atoms with Gasteiger partial charge in [-0.25, -0.2) is 0 Å². The summed E-state index contributed by atoms with van der Waals surface area (Å²) in [4.78, 5) is 11.3. The van der Waals surface area contributed by atoms with Gasteiger partial charge in [-0.1, -0.05) is 39.0 Å². The lowest BCUT2D eigenvalue weighted by atomic mass is 10.1. The summed E-state index contributed by atoms with van der Waals surface area (Å²) in [5.41, 5.74) is 2.36. The normalized spacial score (nSPS) is 10.2. The first-order chi connectivity index (χ1) is 10.3. The van der Waals surface area contributed by atoms with E-state index in [1.54, 1.807) is 0 Å². The van der Waals surface area contributed by atoms with E-state index in [4.69, 9.17) is 9.53 Å². The molecule has 0 aliphatic heterocycles. The minimum atomic E-state index is 0.831. The first-order valence-corrected chi connectivity index (χ1v) is 7.80. The van der Waals surface area contributed by atoms with Gasteiger partial charge in [0.15, 0.2) is 0 Å². The molecule has 0 fully saturated rings. The maximum Gasteiger partial charge on any atom is 0.121 e. The Morgan fingerprint density at radius 3 is 2.52 bits per heavy atom. The van der Waals surface area contributed by atoms with E-state index in [0.717, 1.165) is 24.3 Å². The SMILES string of the molecule is C=O.CCCCCCCCOc1ccc2cc(C)[nH]c2c1. The van der Waals surface area contributed by atoms with Crippen molar-refractivity contribution in [1.29, 1.82) is 0 Å². The molecule has 0 saturated carbocycles. The molecule has 2 aromatic rings. The van der Waals surface area contributed by atoms with Crippen LogP contribution in [0.1, 0.15) is 51.1 Å². The first-order valence-electron chi connectivity index (χ1n) is 7.80. The number of benzene rings is 1. The fraction of sp³-hybridized carbons (Fsp3) is 0.500. The average molecular weight is 289 g/mol. The van der Waals surface area contributed by atoms with Crippen LogP contribution in [-0.4, -0.2) is 18.4 Å². The molecular weight excluding hydrogens is 262 g/mol. The number of H-pyrrole nitrogens is 1. The van der Waals surface area contributed by atoms with Gasteiger partial charge in [0.05, 0.1) is 6.61 Å². The molecule has 3 heteroatoms. The zero-order valence-corrected chi connectivity index (χ0v) is 13.3. The number of aryl methyl sites for hydroxylation is 1. The second kappa shape index (κ2) is 10.0. The Kier molecular flexibility index (Phi) is 8.25. The molecule has 0 bridgehead atoms. The van der Waals surface area contributed by atoms with E-state index in [1.165, 1.54) is 43.2 Å². The third-order valence-corrected chi connectivity index (χ3v) is 3.50. The van der Waals surface area contributed by atoms with Crippen molar-refractivity contribution < 1.29 is 9.53 Å². The highest BCUT2D eigenvalue weighted by Crippen LogP contribution is 2.21. The smallest absolute Gasteiger partial charge is 0.121 e. The molecule has 0 spiro atoms. The van der Waals surface area contributed by atoms with Gasteiger partial charge in [0, 0.05) is 17.3 Å². The van der Waals surface area contributed by atoms with E-state index in [-0.39, 0.29) is 0 Å². The number of aromatic amines is 1. The fourth-order valence-corrected chi connectivity index (χ4v) is 2.41. The molecule has 0 saturated heterocycles. The summed E-state index contributed by atoms with van der Waals surface area (Å²) in [6, 6.07) is 8.44. The molecule has 0 radical (unpaired) electrons. The van der Waals surface area contributed by atoms with Crippen molar-refractivity contribution in [2.75, 3.05) is 6.61 Å². The van der Waals surface area contributed by atoms with Crippen molar-refractivity contribution in [3.63, 3.8) is 0 Å². The van der Waals surface area contributed by atoms with Crippen molar-refractivity contribution in [3.8, 4) is 5.75 Å². The van der Waals surface area contributed by atoms with Gasteiger partial charge in [0.1, 0.15) is 12.5 Å². The maximum atomic E-state index is 8.00. The number of ether oxygens (including phenoxy) is 1. The number of carbonyl (C=O) groups excluding carboxylic acids is 1. The fourth-order valence-electron chi connectivity index (χ4n) is 2.41. The highest BCUT2D eigenvalue weighted by Gasteiger charge is 2.00. The molecule has 3 nitrogen and oxygen atoms in total. The zero-order valence-electron chi connectivity index (χ0n) is 13.3. The lowest BCUT2D eigenvalue weighted by Gasteiger charge is -2.06. The Labute approximate surface area is 127 Å². The van der Waals surface area contributed by atoms with Crippen LogP contribution < -0.4 is 4.74 Å². The molecule has 21 heavy (non-hydrogen) atoms. The van der Waals surface area contributed by atoms with Crippen LogP contribution in [-0.2, 0) is 4.79 Å². The molecule has 1 heterocycles. The van der Waals surface area contributed by atoms with Gasteiger partial charge in [-0.15, -0.1) is 0 Å². The molecule has 0 unspecified atom stereocenters. The van der Waals surface area contributed by atoms with Crippen LogP contribution >= 0.6 is 0 Å². The van der Waals surface area contributed by atoms with Gasteiger partial charge in [-0.2, -0.15) is 0 Å². The molecule has 0 aliphatic carbocycles. The average Bonchev–Trinajstić information content (AvgIpc) is 2.87. The van der Waals surface area contributed by atoms with Gasteiger partial charge >= 0.3 is 0 Å². The van der Waals surface area contributed by atoms with Gasteiger partial charge < -0.3 is 14.5 Å². The molecule has 116 valence electrons. The van der Waals surface area contributed by atoms with Crippen LogP contribution in [0.4, 0.5) is 0 Å². The number of unbranched alkanes of at least 4 members (excludes halogenated alkanes) is 5. The third-order valence-electron chi connectivity index (χ3n) is 3.50. The van der Waals surface area contributed by atoms with Crippen molar-refractivity contribution in [2.24, 2.45) is 0 Å². The van der Waals surface area contributed by atoms with Gasteiger partial charge in [0.2, 0.25) is 0 Å². The lowest BCUT2D eigenvalue weighted by molar-refractivity contribution is -0.0979. The minimum absolute atomic E-state index is 0.831. The minimum Gasteiger partial charge on any atom is -0.494 e. The second-order valence-corrected chi connectivity index (χ2v) is 5.32. The number of aromatic nitrogens is 1. The Balaban J connectivity index is 0.00000106. The number of carbonyl (C=O) groups is 1. The van der Waals surface area contributed by atoms with E-state index in [9.17, 15) is 0 Å². The summed E-state index contributed by atoms with van der Waals surface area (Å²) in [6.07, 6.45) is 7.82. The summed E-state index contributed by atoms with van der Waals surface area (Å²) >= 11 is 0. The molecule has 0 aliphatic rings. The van der Waals surface area contributed by atoms with Crippen molar-refractivity contribution >= 4 is 17.7 Å². The van der Waals surface area contributed by atoms with E-state index in [2.05, 4.69) is 43.1 Å². The van der Waals surface area contributed by atoms with E-state index in [1.807, 2.05) is 6.79 Å². The number of hydrogen-bond donors (Lipinski definition) is 1. The van der Waals surface area contributed by atoms with Crippen molar-refractivity contribution in [3.05, 3.63) is 30.0 Å². The van der Waals surface area contributed by atoms with Gasteiger partial charge in [-0.3, -0.25) is 0 Å². The largest absolute Gasteiger partial charge is 0.494 e. The first kappa shape index (κ1) is 17.3. The van der Waals surface area contributed by atoms with E-state index in [0.29, 0.717) is 0 Å². The summed E-state index contributed by atoms with van der Waals surface area (Å²) in [7, 11) is 0. The molecule has 1 N–H and O–H groups in total. The summed E-state index contributed by atoms with van der Waals surface area (Å²) < 4.78 is 5.81. The summed E-state index contributed by atoms with van der Waals surface area (Å²) in [5, 5.41) is 1.25. The van der Waals surface area contributed by atoms with Crippen LogP contribution in [0.2, 0.25) is 0 Å². The highest BCUT2D eigenvalue weighted by atomic mass is 16.5. The number of rotatable bonds is 8. The van der Waals surface area contributed by atoms with Gasteiger partial charge in [0.25, 0.3) is 0 Å². The van der Waals surface area contributed by atoms with Crippen LogP contribution in [0.5, 0.6) is 5.75 Å². The topological polar surface area (TPSA) is 42.1 Å². The van der Waals surface area contributed by atoms with Gasteiger partial charge in [-0.05, 0) is 36.9 Å². The molecular formula is C18H27NO2. The summed E-state index contributed by atoms with van der Waals surface area (Å²) in [6.45, 7) is 7.16. The Morgan fingerprint density at radius 2 is 1.76 bits per heavy atom. The zero-order chi connectivity index (χ0) is 15.5. The number of hydrogen-bond acceptors (Lipinski definition) is 2.